The highest BCUT2D eigenvalue weighted by atomic mass is 79.9. The fraction of sp³-hybridized carbons (Fsp3) is 0.111. The zero-order chi connectivity index (χ0) is 16.2. The molecule has 0 radical (unpaired) electrons. The van der Waals surface area contributed by atoms with E-state index < -0.39 is 0 Å². The maximum absolute atomic E-state index is 12.1. The first kappa shape index (κ1) is 15.5. The van der Waals surface area contributed by atoms with Crippen LogP contribution in [0.15, 0.2) is 69.9 Å². The summed E-state index contributed by atoms with van der Waals surface area (Å²) in [6.07, 6.45) is 0. The number of nitrogens with zero attached hydrogens (tertiary/aromatic N) is 2. The monoisotopic (exact) mass is 370 g/mol. The predicted molar refractivity (Wildman–Crippen MR) is 93.7 cm³/mol. The largest absolute Gasteiger partial charge is 0.497 e. The number of halogens is 1. The molecule has 0 aliphatic rings. The summed E-state index contributed by atoms with van der Waals surface area (Å²) < 4.78 is 7.59. The first-order valence-electron chi connectivity index (χ1n) is 7.13. The van der Waals surface area contributed by atoms with Gasteiger partial charge in [0.1, 0.15) is 5.75 Å². The van der Waals surface area contributed by atoms with Gasteiger partial charge in [-0.2, -0.15) is 5.10 Å². The summed E-state index contributed by atoms with van der Waals surface area (Å²) >= 11 is 3.50. The molecule has 3 rings (SSSR count). The molecule has 0 saturated heterocycles. The molecular weight excluding hydrogens is 356 g/mol. The summed E-state index contributed by atoms with van der Waals surface area (Å²) in [6, 6.07) is 18.7. The minimum atomic E-state index is -0.127. The molecule has 0 unspecified atom stereocenters. The molecular formula is C18H15BrN2O2. The molecule has 1 aromatic heterocycles. The SMILES string of the molecule is COc1ccc(-c2ccc(=O)n(Cc3ccccc3Br)n2)cc1. The third-order valence-corrected chi connectivity index (χ3v) is 4.30. The van der Waals surface area contributed by atoms with Gasteiger partial charge in [0.25, 0.3) is 5.56 Å². The van der Waals surface area contributed by atoms with Gasteiger partial charge in [0.05, 0.1) is 19.3 Å². The van der Waals surface area contributed by atoms with Crippen molar-refractivity contribution < 1.29 is 4.74 Å². The quantitative estimate of drug-likeness (QED) is 0.702. The lowest BCUT2D eigenvalue weighted by Crippen LogP contribution is -2.23. The third kappa shape index (κ3) is 3.51. The molecule has 3 aromatic rings. The van der Waals surface area contributed by atoms with Crippen molar-refractivity contribution in [3.63, 3.8) is 0 Å². The third-order valence-electron chi connectivity index (χ3n) is 3.53. The Kier molecular flexibility index (Phi) is 4.57. The van der Waals surface area contributed by atoms with E-state index in [1.165, 1.54) is 4.68 Å². The zero-order valence-electron chi connectivity index (χ0n) is 12.6. The first-order chi connectivity index (χ1) is 11.2. The highest BCUT2D eigenvalue weighted by molar-refractivity contribution is 9.10. The molecule has 0 N–H and O–H groups in total. The van der Waals surface area contributed by atoms with E-state index in [1.54, 1.807) is 19.2 Å². The summed E-state index contributed by atoms with van der Waals surface area (Å²) in [4.78, 5) is 12.1. The van der Waals surface area contributed by atoms with Crippen LogP contribution in [0.25, 0.3) is 11.3 Å². The minimum absolute atomic E-state index is 0.127. The predicted octanol–water partition coefficient (Wildman–Crippen LogP) is 3.73. The van der Waals surface area contributed by atoms with Crippen LogP contribution in [-0.4, -0.2) is 16.9 Å². The van der Waals surface area contributed by atoms with Crippen molar-refractivity contribution in [1.29, 1.82) is 0 Å². The zero-order valence-corrected chi connectivity index (χ0v) is 14.2. The van der Waals surface area contributed by atoms with Crippen LogP contribution in [0.3, 0.4) is 0 Å². The van der Waals surface area contributed by atoms with Crippen molar-refractivity contribution in [3.8, 4) is 17.0 Å². The Balaban J connectivity index is 1.95. The highest BCUT2D eigenvalue weighted by Gasteiger charge is 2.06. The smallest absolute Gasteiger partial charge is 0.267 e. The van der Waals surface area contributed by atoms with Crippen molar-refractivity contribution in [2.24, 2.45) is 0 Å². The highest BCUT2D eigenvalue weighted by Crippen LogP contribution is 2.20. The molecule has 0 amide bonds. The molecule has 2 aromatic carbocycles. The van der Waals surface area contributed by atoms with E-state index in [-0.39, 0.29) is 5.56 Å². The van der Waals surface area contributed by atoms with Crippen LogP contribution in [0.2, 0.25) is 0 Å². The molecule has 1 heterocycles. The van der Waals surface area contributed by atoms with Crippen LogP contribution in [0.1, 0.15) is 5.56 Å². The van der Waals surface area contributed by atoms with E-state index in [4.69, 9.17) is 4.74 Å². The minimum Gasteiger partial charge on any atom is -0.497 e. The molecule has 0 aliphatic heterocycles. The average Bonchev–Trinajstić information content (AvgIpc) is 2.59. The molecule has 116 valence electrons. The van der Waals surface area contributed by atoms with Crippen molar-refractivity contribution in [2.75, 3.05) is 7.11 Å². The van der Waals surface area contributed by atoms with Crippen LogP contribution in [0.5, 0.6) is 5.75 Å². The molecule has 0 atom stereocenters. The van der Waals surface area contributed by atoms with Crippen LogP contribution in [0, 0.1) is 0 Å². The lowest BCUT2D eigenvalue weighted by atomic mass is 10.1. The number of aromatic nitrogens is 2. The second-order valence-electron chi connectivity index (χ2n) is 5.03. The number of benzene rings is 2. The Bertz CT molecular complexity index is 873. The summed E-state index contributed by atoms with van der Waals surface area (Å²) in [5, 5.41) is 4.48. The molecule has 0 fully saturated rings. The van der Waals surface area contributed by atoms with E-state index in [1.807, 2.05) is 48.5 Å². The van der Waals surface area contributed by atoms with Gasteiger partial charge in [0.15, 0.2) is 0 Å². The van der Waals surface area contributed by atoms with E-state index in [0.29, 0.717) is 6.54 Å². The van der Waals surface area contributed by atoms with Crippen LogP contribution in [-0.2, 0) is 6.54 Å². The molecule has 23 heavy (non-hydrogen) atoms. The van der Waals surface area contributed by atoms with Gasteiger partial charge in [0.2, 0.25) is 0 Å². The molecule has 0 bridgehead atoms. The lowest BCUT2D eigenvalue weighted by molar-refractivity contribution is 0.415. The molecule has 4 nitrogen and oxygen atoms in total. The normalized spacial score (nSPS) is 10.5. The van der Waals surface area contributed by atoms with Gasteiger partial charge in [0, 0.05) is 16.1 Å². The molecule has 0 aliphatic carbocycles. The fourth-order valence-electron chi connectivity index (χ4n) is 2.27. The number of methoxy groups -OCH3 is 1. The Labute approximate surface area is 142 Å². The maximum Gasteiger partial charge on any atom is 0.267 e. The van der Waals surface area contributed by atoms with Gasteiger partial charge in [-0.05, 0) is 42.0 Å². The molecule has 5 heteroatoms. The van der Waals surface area contributed by atoms with Crippen molar-refractivity contribution >= 4 is 15.9 Å². The second kappa shape index (κ2) is 6.79. The van der Waals surface area contributed by atoms with Crippen LogP contribution < -0.4 is 10.3 Å². The van der Waals surface area contributed by atoms with E-state index >= 15 is 0 Å². The fourth-order valence-corrected chi connectivity index (χ4v) is 2.68. The van der Waals surface area contributed by atoms with Crippen LogP contribution in [0.4, 0.5) is 0 Å². The standard InChI is InChI=1S/C18H15BrN2O2/c1-23-15-8-6-13(7-9-15)17-10-11-18(22)21(20-17)12-14-4-2-3-5-16(14)19/h2-11H,12H2,1H3. The Hall–Kier alpha value is -2.40. The maximum atomic E-state index is 12.1. The van der Waals surface area contributed by atoms with Gasteiger partial charge in [-0.15, -0.1) is 0 Å². The first-order valence-corrected chi connectivity index (χ1v) is 7.92. The van der Waals surface area contributed by atoms with E-state index in [2.05, 4.69) is 21.0 Å². The van der Waals surface area contributed by atoms with Gasteiger partial charge in [-0.3, -0.25) is 4.79 Å². The second-order valence-corrected chi connectivity index (χ2v) is 5.89. The summed E-state index contributed by atoms with van der Waals surface area (Å²) in [5.74, 6) is 0.787. The summed E-state index contributed by atoms with van der Waals surface area (Å²) in [6.45, 7) is 0.421. The average molecular weight is 371 g/mol. The Morgan fingerprint density at radius 2 is 1.78 bits per heavy atom. The lowest BCUT2D eigenvalue weighted by Gasteiger charge is -2.09. The number of hydrogen-bond acceptors (Lipinski definition) is 3. The van der Waals surface area contributed by atoms with Crippen molar-refractivity contribution in [1.82, 2.24) is 9.78 Å². The van der Waals surface area contributed by atoms with Gasteiger partial charge < -0.3 is 4.74 Å². The Morgan fingerprint density at radius 3 is 2.48 bits per heavy atom. The van der Waals surface area contributed by atoms with Crippen molar-refractivity contribution in [2.45, 2.75) is 6.54 Å². The van der Waals surface area contributed by atoms with Crippen molar-refractivity contribution in [3.05, 3.63) is 81.1 Å². The van der Waals surface area contributed by atoms with E-state index in [9.17, 15) is 4.79 Å². The van der Waals surface area contributed by atoms with Crippen LogP contribution >= 0.6 is 15.9 Å². The number of rotatable bonds is 4. The van der Waals surface area contributed by atoms with Gasteiger partial charge >= 0.3 is 0 Å². The topological polar surface area (TPSA) is 44.1 Å². The van der Waals surface area contributed by atoms with Gasteiger partial charge in [-0.25, -0.2) is 4.68 Å². The summed E-state index contributed by atoms with van der Waals surface area (Å²) in [5.41, 5.74) is 2.57. The van der Waals surface area contributed by atoms with Gasteiger partial charge in [-0.1, -0.05) is 34.1 Å². The Morgan fingerprint density at radius 1 is 1.04 bits per heavy atom. The molecule has 0 spiro atoms. The molecule has 0 saturated carbocycles. The number of hydrogen-bond donors (Lipinski definition) is 0. The van der Waals surface area contributed by atoms with E-state index in [0.717, 1.165) is 27.0 Å². The number of ether oxygens (including phenoxy) is 1. The summed E-state index contributed by atoms with van der Waals surface area (Å²) in [7, 11) is 1.63.